The molecule has 3 nitrogen and oxygen atoms in total. The predicted molar refractivity (Wildman–Crippen MR) is 109 cm³/mol. The second kappa shape index (κ2) is 8.27. The highest BCUT2D eigenvalue weighted by atomic mass is 127. The molecule has 0 N–H and O–H groups in total. The average Bonchev–Trinajstić information content (AvgIpc) is 2.77. The van der Waals surface area contributed by atoms with Crippen LogP contribution in [0, 0.1) is 14.9 Å². The van der Waals surface area contributed by atoms with Crippen LogP contribution >= 0.6 is 22.6 Å². The van der Waals surface area contributed by atoms with Crippen molar-refractivity contribution in [2.45, 2.75) is 65.8 Å². The molecule has 1 atom stereocenters. The number of unbranched alkanes of at least 4 members (excludes halogenated alkanes) is 1. The molecule has 0 radical (unpaired) electrons. The van der Waals surface area contributed by atoms with Crippen LogP contribution < -0.4 is 0 Å². The van der Waals surface area contributed by atoms with Crippen molar-refractivity contribution in [2.75, 3.05) is 0 Å². The Bertz CT molecular complexity index is 681. The van der Waals surface area contributed by atoms with Crippen LogP contribution in [0.15, 0.2) is 18.2 Å². The summed E-state index contributed by atoms with van der Waals surface area (Å²) in [6.45, 7) is 12.1. The second-order valence-corrected chi connectivity index (χ2v) is 11.1. The first-order valence-corrected chi connectivity index (χ1v) is 12.5. The van der Waals surface area contributed by atoms with Gasteiger partial charge in [-0.25, -0.2) is 4.39 Å². The number of aryl methyl sites for hydroxylation is 1. The van der Waals surface area contributed by atoms with Gasteiger partial charge in [-0.2, -0.15) is 5.10 Å². The van der Waals surface area contributed by atoms with Crippen molar-refractivity contribution in [1.29, 1.82) is 0 Å². The third kappa shape index (κ3) is 5.26. The van der Waals surface area contributed by atoms with Crippen LogP contribution in [0.1, 0.15) is 40.0 Å². The molecular weight excluding hydrogens is 434 g/mol. The van der Waals surface area contributed by atoms with Crippen LogP contribution in [-0.2, 0) is 11.0 Å². The quantitative estimate of drug-likeness (QED) is 0.315. The van der Waals surface area contributed by atoms with Gasteiger partial charge in [0.15, 0.2) is 9.04 Å². The number of nitrogens with zero attached hydrogens (tertiary/aromatic N) is 2. The van der Waals surface area contributed by atoms with Crippen LogP contribution in [0.4, 0.5) is 4.39 Å². The standard InChI is InChI=1S/C18H28FIN2OSi/c1-18(2,3)16(23-24(4)5)8-6-7-11-22-15-10-9-13(19)12-14(15)17(20)21-22/h9-10,12,16,24H,6-8,11H2,1-5H3. The maximum absolute atomic E-state index is 13.4. The Morgan fingerprint density at radius 3 is 2.62 bits per heavy atom. The Hall–Kier alpha value is -0.473. The summed E-state index contributed by atoms with van der Waals surface area (Å²) in [5.41, 5.74) is 1.20. The van der Waals surface area contributed by atoms with Crippen molar-refractivity contribution in [2.24, 2.45) is 5.41 Å². The normalized spacial score (nSPS) is 13.8. The summed E-state index contributed by atoms with van der Waals surface area (Å²) in [5.74, 6) is -0.206. The van der Waals surface area contributed by atoms with E-state index in [1.165, 1.54) is 6.07 Å². The fraction of sp³-hybridized carbons (Fsp3) is 0.611. The number of hydrogen-bond donors (Lipinski definition) is 0. The van der Waals surface area contributed by atoms with Crippen LogP contribution in [0.25, 0.3) is 10.9 Å². The van der Waals surface area contributed by atoms with E-state index < -0.39 is 9.04 Å². The molecule has 134 valence electrons. The Labute approximate surface area is 159 Å². The lowest BCUT2D eigenvalue weighted by atomic mass is 9.86. The van der Waals surface area contributed by atoms with Crippen molar-refractivity contribution in [3.8, 4) is 0 Å². The van der Waals surface area contributed by atoms with E-state index in [4.69, 9.17) is 4.43 Å². The molecule has 1 heterocycles. The van der Waals surface area contributed by atoms with Crippen molar-refractivity contribution in [3.05, 3.63) is 27.7 Å². The van der Waals surface area contributed by atoms with Gasteiger partial charge in [0.25, 0.3) is 0 Å². The molecule has 1 aromatic heterocycles. The number of halogens is 2. The maximum atomic E-state index is 13.4. The molecule has 1 unspecified atom stereocenters. The molecule has 24 heavy (non-hydrogen) atoms. The predicted octanol–water partition coefficient (Wildman–Crippen LogP) is 5.37. The topological polar surface area (TPSA) is 27.1 Å². The van der Waals surface area contributed by atoms with Gasteiger partial charge in [-0.15, -0.1) is 0 Å². The minimum atomic E-state index is -1.03. The van der Waals surface area contributed by atoms with Crippen LogP contribution in [0.5, 0.6) is 0 Å². The number of hydrogen-bond acceptors (Lipinski definition) is 2. The maximum Gasteiger partial charge on any atom is 0.171 e. The lowest BCUT2D eigenvalue weighted by Crippen LogP contribution is -2.33. The molecule has 0 amide bonds. The van der Waals surface area contributed by atoms with Gasteiger partial charge in [0.2, 0.25) is 0 Å². The van der Waals surface area contributed by atoms with Gasteiger partial charge in [0.1, 0.15) is 9.52 Å². The molecule has 0 spiro atoms. The Balaban J connectivity index is 1.94. The molecule has 0 aliphatic rings. The van der Waals surface area contributed by atoms with Crippen molar-refractivity contribution in [3.63, 3.8) is 0 Å². The highest BCUT2D eigenvalue weighted by molar-refractivity contribution is 14.1. The summed E-state index contributed by atoms with van der Waals surface area (Å²) in [6.07, 6.45) is 3.58. The molecule has 0 aliphatic heterocycles. The van der Waals surface area contributed by atoms with Gasteiger partial charge in [0.05, 0.1) is 5.52 Å². The summed E-state index contributed by atoms with van der Waals surface area (Å²) in [5, 5.41) is 5.46. The molecule has 0 saturated carbocycles. The van der Waals surface area contributed by atoms with Gasteiger partial charge in [0, 0.05) is 18.0 Å². The van der Waals surface area contributed by atoms with E-state index in [1.807, 2.05) is 10.7 Å². The zero-order valence-electron chi connectivity index (χ0n) is 15.3. The third-order valence-electron chi connectivity index (χ3n) is 4.16. The van der Waals surface area contributed by atoms with E-state index in [-0.39, 0.29) is 11.2 Å². The Kier molecular flexibility index (Phi) is 6.84. The minimum absolute atomic E-state index is 0.183. The van der Waals surface area contributed by atoms with Crippen LogP contribution in [0.3, 0.4) is 0 Å². The molecule has 0 bridgehead atoms. The molecule has 6 heteroatoms. The SMILES string of the molecule is C[SiH](C)OC(CCCCn1nc(I)c2cc(F)ccc21)C(C)(C)C. The van der Waals surface area contributed by atoms with Gasteiger partial charge >= 0.3 is 0 Å². The zero-order chi connectivity index (χ0) is 17.9. The second-order valence-electron chi connectivity index (χ2n) is 7.71. The molecule has 0 aliphatic carbocycles. The fourth-order valence-corrected chi connectivity index (χ4v) is 4.80. The average molecular weight is 462 g/mol. The van der Waals surface area contributed by atoms with Crippen molar-refractivity contribution < 1.29 is 8.82 Å². The van der Waals surface area contributed by atoms with Crippen LogP contribution in [0.2, 0.25) is 13.1 Å². The van der Waals surface area contributed by atoms with E-state index >= 15 is 0 Å². The van der Waals surface area contributed by atoms with Crippen molar-refractivity contribution in [1.82, 2.24) is 9.78 Å². The smallest absolute Gasteiger partial charge is 0.171 e. The molecule has 0 fully saturated rings. The molecule has 2 rings (SSSR count). The summed E-state index contributed by atoms with van der Waals surface area (Å²) >= 11 is 2.18. The molecule has 0 saturated heterocycles. The number of rotatable bonds is 7. The molecule has 1 aromatic carbocycles. The van der Waals surface area contributed by atoms with E-state index in [1.54, 1.807) is 6.07 Å². The summed E-state index contributed by atoms with van der Waals surface area (Å²) in [6, 6.07) is 4.90. The number of benzene rings is 1. The lowest BCUT2D eigenvalue weighted by Gasteiger charge is -2.32. The molecule has 2 aromatic rings. The summed E-state index contributed by atoms with van der Waals surface area (Å²) < 4.78 is 22.5. The van der Waals surface area contributed by atoms with Gasteiger partial charge in [-0.3, -0.25) is 4.68 Å². The van der Waals surface area contributed by atoms with Crippen LogP contribution in [-0.4, -0.2) is 24.9 Å². The monoisotopic (exact) mass is 462 g/mol. The van der Waals surface area contributed by atoms with E-state index in [0.29, 0.717) is 6.10 Å². The lowest BCUT2D eigenvalue weighted by molar-refractivity contribution is 0.0757. The Morgan fingerprint density at radius 1 is 1.29 bits per heavy atom. The number of fused-ring (bicyclic) bond motifs is 1. The zero-order valence-corrected chi connectivity index (χ0v) is 18.6. The summed E-state index contributed by atoms with van der Waals surface area (Å²) in [4.78, 5) is 0. The number of aromatic nitrogens is 2. The van der Waals surface area contributed by atoms with E-state index in [0.717, 1.165) is 40.4 Å². The van der Waals surface area contributed by atoms with E-state index in [2.05, 4.69) is 61.6 Å². The van der Waals surface area contributed by atoms with E-state index in [9.17, 15) is 4.39 Å². The highest BCUT2D eigenvalue weighted by Crippen LogP contribution is 2.27. The van der Waals surface area contributed by atoms with Gasteiger partial charge in [-0.05, 0) is 78.6 Å². The van der Waals surface area contributed by atoms with Gasteiger partial charge in [-0.1, -0.05) is 20.8 Å². The first-order chi connectivity index (χ1) is 11.2. The third-order valence-corrected chi connectivity index (χ3v) is 5.83. The fourth-order valence-electron chi connectivity index (χ4n) is 2.91. The highest BCUT2D eigenvalue weighted by Gasteiger charge is 2.25. The molecular formula is C18H28FIN2OSi. The summed E-state index contributed by atoms with van der Waals surface area (Å²) in [7, 11) is -1.03. The Morgan fingerprint density at radius 2 is 2.00 bits per heavy atom. The first kappa shape index (κ1) is 19.8. The van der Waals surface area contributed by atoms with Crippen molar-refractivity contribution >= 4 is 42.5 Å². The van der Waals surface area contributed by atoms with Gasteiger partial charge < -0.3 is 4.43 Å². The minimum Gasteiger partial charge on any atom is -0.417 e. The largest absolute Gasteiger partial charge is 0.417 e. The first-order valence-electron chi connectivity index (χ1n) is 8.65.